The maximum atomic E-state index is 9.75. The molecule has 0 aliphatic carbocycles. The molecule has 3 nitrogen and oxygen atoms in total. The van der Waals surface area contributed by atoms with Gasteiger partial charge >= 0.3 is 0 Å². The van der Waals surface area contributed by atoms with Crippen LogP contribution in [0.2, 0.25) is 0 Å². The Morgan fingerprint density at radius 3 is 2.50 bits per heavy atom. The Balaban J connectivity index is 2.16. The summed E-state index contributed by atoms with van der Waals surface area (Å²) in [6, 6.07) is 0. The van der Waals surface area contributed by atoms with Crippen molar-refractivity contribution >= 4 is 0 Å². The van der Waals surface area contributed by atoms with Gasteiger partial charge in [0.2, 0.25) is 0 Å². The number of epoxide rings is 1. The third-order valence-corrected chi connectivity index (χ3v) is 2.73. The fourth-order valence-corrected chi connectivity index (χ4v) is 2.23. The van der Waals surface area contributed by atoms with Crippen LogP contribution < -0.4 is 0 Å². The first-order valence-electron chi connectivity index (χ1n) is 4.45. The Morgan fingerprint density at radius 2 is 2.00 bits per heavy atom. The Kier molecular flexibility index (Phi) is 1.57. The summed E-state index contributed by atoms with van der Waals surface area (Å²) in [5, 5.41) is 9.75. The van der Waals surface area contributed by atoms with Crippen molar-refractivity contribution in [1.82, 2.24) is 0 Å². The molecule has 0 amide bonds. The first-order chi connectivity index (χ1) is 5.45. The largest absolute Gasteiger partial charge is 0.387 e. The number of aliphatic hydroxyl groups excluding tert-OH is 1. The van der Waals surface area contributed by atoms with Crippen LogP contribution in [-0.2, 0) is 9.47 Å². The monoisotopic (exact) mass is 172 g/mol. The minimum absolute atomic E-state index is 0.115. The van der Waals surface area contributed by atoms with Gasteiger partial charge in [-0.2, -0.15) is 0 Å². The normalized spacial score (nSPS) is 51.0. The van der Waals surface area contributed by atoms with Gasteiger partial charge in [0.15, 0.2) is 0 Å². The van der Waals surface area contributed by atoms with E-state index in [0.717, 1.165) is 6.42 Å². The summed E-state index contributed by atoms with van der Waals surface area (Å²) < 4.78 is 11.0. The van der Waals surface area contributed by atoms with Gasteiger partial charge in [0, 0.05) is 6.42 Å². The highest BCUT2D eigenvalue weighted by Gasteiger charge is 2.59. The molecular weight excluding hydrogens is 156 g/mol. The number of hydrogen-bond acceptors (Lipinski definition) is 3. The molecule has 1 unspecified atom stereocenters. The van der Waals surface area contributed by atoms with Crippen LogP contribution in [0, 0.1) is 0 Å². The molecular formula is C9H16O3. The SMILES string of the molecule is CC1OC(C)(C)C[C@@]2(CO2)[C@@H]1O. The van der Waals surface area contributed by atoms with E-state index in [4.69, 9.17) is 9.47 Å². The molecule has 0 aromatic heterocycles. The summed E-state index contributed by atoms with van der Waals surface area (Å²) in [6.45, 7) is 6.66. The molecule has 2 aliphatic heterocycles. The standard InChI is InChI=1S/C9H16O3/c1-6-7(10)9(5-11-9)4-8(2,3)12-6/h6-7,10H,4-5H2,1-3H3/t6?,7-,9-/m1/s1. The minimum Gasteiger partial charge on any atom is -0.387 e. The van der Waals surface area contributed by atoms with Gasteiger partial charge in [0.25, 0.3) is 0 Å². The summed E-state index contributed by atoms with van der Waals surface area (Å²) in [5.41, 5.74) is -0.434. The van der Waals surface area contributed by atoms with Gasteiger partial charge in [0.05, 0.1) is 18.3 Å². The average molecular weight is 172 g/mol. The maximum absolute atomic E-state index is 9.75. The highest BCUT2D eigenvalue weighted by Crippen LogP contribution is 2.45. The Hall–Kier alpha value is -0.120. The summed E-state index contributed by atoms with van der Waals surface area (Å²) in [4.78, 5) is 0. The van der Waals surface area contributed by atoms with E-state index >= 15 is 0 Å². The summed E-state index contributed by atoms with van der Waals surface area (Å²) in [5.74, 6) is 0. The lowest BCUT2D eigenvalue weighted by molar-refractivity contribution is -0.181. The van der Waals surface area contributed by atoms with E-state index in [9.17, 15) is 5.11 Å². The van der Waals surface area contributed by atoms with E-state index in [1.807, 2.05) is 20.8 Å². The van der Waals surface area contributed by atoms with E-state index in [2.05, 4.69) is 0 Å². The third-order valence-electron chi connectivity index (χ3n) is 2.73. The quantitative estimate of drug-likeness (QED) is 0.547. The lowest BCUT2D eigenvalue weighted by Gasteiger charge is -2.41. The lowest BCUT2D eigenvalue weighted by atomic mass is 9.84. The van der Waals surface area contributed by atoms with E-state index < -0.39 is 6.10 Å². The maximum Gasteiger partial charge on any atom is 0.123 e. The zero-order chi connectivity index (χ0) is 8.98. The third kappa shape index (κ3) is 1.16. The van der Waals surface area contributed by atoms with Crippen molar-refractivity contribution in [1.29, 1.82) is 0 Å². The first kappa shape index (κ1) is 8.48. The molecule has 2 heterocycles. The van der Waals surface area contributed by atoms with Crippen molar-refractivity contribution in [2.24, 2.45) is 0 Å². The molecule has 3 atom stereocenters. The molecule has 2 aliphatic rings. The van der Waals surface area contributed by atoms with Crippen molar-refractivity contribution in [2.45, 2.75) is 50.6 Å². The van der Waals surface area contributed by atoms with Crippen LogP contribution in [0.3, 0.4) is 0 Å². The fourth-order valence-electron chi connectivity index (χ4n) is 2.23. The summed E-state index contributed by atoms with van der Waals surface area (Å²) in [7, 11) is 0. The summed E-state index contributed by atoms with van der Waals surface area (Å²) >= 11 is 0. The van der Waals surface area contributed by atoms with Gasteiger partial charge < -0.3 is 14.6 Å². The van der Waals surface area contributed by atoms with Gasteiger partial charge in [0.1, 0.15) is 11.7 Å². The molecule has 1 N–H and O–H groups in total. The lowest BCUT2D eigenvalue weighted by Crippen LogP contribution is -2.53. The highest BCUT2D eigenvalue weighted by molar-refractivity contribution is 5.07. The second-order valence-corrected chi connectivity index (χ2v) is 4.56. The van der Waals surface area contributed by atoms with Crippen molar-refractivity contribution in [3.63, 3.8) is 0 Å². The predicted molar refractivity (Wildman–Crippen MR) is 43.9 cm³/mol. The number of hydrogen-bond donors (Lipinski definition) is 1. The molecule has 0 saturated carbocycles. The Bertz CT molecular complexity index is 196. The molecule has 1 spiro atoms. The van der Waals surface area contributed by atoms with Crippen LogP contribution in [0.4, 0.5) is 0 Å². The van der Waals surface area contributed by atoms with E-state index in [1.54, 1.807) is 0 Å². The molecule has 3 heteroatoms. The van der Waals surface area contributed by atoms with Crippen LogP contribution >= 0.6 is 0 Å². The zero-order valence-corrected chi connectivity index (χ0v) is 7.83. The van der Waals surface area contributed by atoms with Gasteiger partial charge in [-0.25, -0.2) is 0 Å². The number of ether oxygens (including phenoxy) is 2. The second kappa shape index (κ2) is 2.22. The topological polar surface area (TPSA) is 42.0 Å². The Morgan fingerprint density at radius 1 is 1.42 bits per heavy atom. The van der Waals surface area contributed by atoms with Crippen molar-refractivity contribution < 1.29 is 14.6 Å². The van der Waals surface area contributed by atoms with E-state index in [0.29, 0.717) is 6.61 Å². The van der Waals surface area contributed by atoms with Crippen molar-refractivity contribution in [3.8, 4) is 0 Å². The fraction of sp³-hybridized carbons (Fsp3) is 1.00. The Labute approximate surface area is 72.7 Å². The smallest absolute Gasteiger partial charge is 0.123 e. The molecule has 0 aromatic rings. The van der Waals surface area contributed by atoms with Gasteiger partial charge in [-0.15, -0.1) is 0 Å². The zero-order valence-electron chi connectivity index (χ0n) is 7.83. The van der Waals surface area contributed by atoms with Crippen LogP contribution in [0.15, 0.2) is 0 Å². The number of rotatable bonds is 0. The van der Waals surface area contributed by atoms with Crippen molar-refractivity contribution in [2.75, 3.05) is 6.61 Å². The molecule has 12 heavy (non-hydrogen) atoms. The highest BCUT2D eigenvalue weighted by atomic mass is 16.6. The second-order valence-electron chi connectivity index (χ2n) is 4.56. The van der Waals surface area contributed by atoms with Crippen LogP contribution in [0.25, 0.3) is 0 Å². The van der Waals surface area contributed by atoms with Crippen molar-refractivity contribution in [3.05, 3.63) is 0 Å². The van der Waals surface area contributed by atoms with Gasteiger partial charge in [-0.3, -0.25) is 0 Å². The minimum atomic E-state index is -0.453. The van der Waals surface area contributed by atoms with Crippen LogP contribution in [0.5, 0.6) is 0 Å². The number of aliphatic hydroxyl groups is 1. The molecule has 2 saturated heterocycles. The van der Waals surface area contributed by atoms with Gasteiger partial charge in [-0.1, -0.05) is 0 Å². The molecule has 70 valence electrons. The van der Waals surface area contributed by atoms with E-state index in [-0.39, 0.29) is 17.3 Å². The molecule has 0 radical (unpaired) electrons. The average Bonchev–Trinajstić information content (AvgIpc) is 2.63. The van der Waals surface area contributed by atoms with E-state index in [1.165, 1.54) is 0 Å². The molecule has 2 rings (SSSR count). The van der Waals surface area contributed by atoms with Crippen LogP contribution in [-0.4, -0.2) is 35.1 Å². The molecule has 0 aromatic carbocycles. The molecule has 2 fully saturated rings. The predicted octanol–water partition coefficient (Wildman–Crippen LogP) is 0.704. The molecule has 0 bridgehead atoms. The van der Waals surface area contributed by atoms with Crippen LogP contribution in [0.1, 0.15) is 27.2 Å². The van der Waals surface area contributed by atoms with Gasteiger partial charge in [-0.05, 0) is 20.8 Å². The first-order valence-corrected chi connectivity index (χ1v) is 4.45. The summed E-state index contributed by atoms with van der Waals surface area (Å²) in [6.07, 6.45) is 0.229.